The van der Waals surface area contributed by atoms with Crippen molar-refractivity contribution in [1.29, 1.82) is 0 Å². The molecule has 0 atom stereocenters. The van der Waals surface area contributed by atoms with Crippen LogP contribution in [0.25, 0.3) is 0 Å². The maximum atomic E-state index is 3.34. The Morgan fingerprint density at radius 1 is 0.135 bits per heavy atom. The molecule has 0 aromatic heterocycles. The average molecular weight is 723 g/mol. The topological polar surface area (TPSA) is 6.48 Å². The molecule has 0 aromatic rings. The summed E-state index contributed by atoms with van der Waals surface area (Å²) in [5.74, 6) is 0. The second kappa shape index (κ2) is 27.5. The van der Waals surface area contributed by atoms with E-state index in [0.717, 1.165) is 36.3 Å². The summed E-state index contributed by atoms with van der Waals surface area (Å²) in [4.78, 5) is 6.68. The molecule has 0 bridgehead atoms. The molecule has 5 saturated carbocycles. The first-order valence-electron chi connectivity index (χ1n) is 25.4. The van der Waals surface area contributed by atoms with Crippen molar-refractivity contribution in [1.82, 2.24) is 9.80 Å². The molecule has 5 rings (SSSR count). The van der Waals surface area contributed by atoms with E-state index in [2.05, 4.69) is 9.80 Å². The van der Waals surface area contributed by atoms with Crippen molar-refractivity contribution in [3.63, 3.8) is 0 Å². The third kappa shape index (κ3) is 16.2. The summed E-state index contributed by atoms with van der Waals surface area (Å²) >= 11 is 0. The van der Waals surface area contributed by atoms with Crippen LogP contribution in [-0.2, 0) is 0 Å². The first-order chi connectivity index (χ1) is 25.9. The minimum atomic E-state index is 0.866. The second-order valence-electron chi connectivity index (χ2n) is 19.6. The molecule has 52 heavy (non-hydrogen) atoms. The lowest BCUT2D eigenvalue weighted by Gasteiger charge is -2.46. The fraction of sp³-hybridized carbons (Fsp3) is 1.00. The summed E-state index contributed by atoms with van der Waals surface area (Å²) in [5, 5.41) is 0. The largest absolute Gasteiger partial charge is 0.294 e. The predicted octanol–water partition coefficient (Wildman–Crippen LogP) is 16.0. The zero-order valence-corrected chi connectivity index (χ0v) is 35.5. The summed E-state index contributed by atoms with van der Waals surface area (Å²) in [6.45, 7) is 0. The van der Waals surface area contributed by atoms with Gasteiger partial charge in [0.2, 0.25) is 0 Å². The van der Waals surface area contributed by atoms with Crippen molar-refractivity contribution in [2.75, 3.05) is 0 Å². The third-order valence-electron chi connectivity index (χ3n) is 15.5. The van der Waals surface area contributed by atoms with Gasteiger partial charge in [-0.2, -0.15) is 0 Å². The van der Waals surface area contributed by atoms with E-state index in [1.54, 1.807) is 0 Å². The molecule has 0 aromatic carbocycles. The van der Waals surface area contributed by atoms with Crippen LogP contribution < -0.4 is 0 Å². The first kappa shape index (κ1) is 43.1. The van der Waals surface area contributed by atoms with Gasteiger partial charge in [0, 0.05) is 36.3 Å². The fourth-order valence-corrected chi connectivity index (χ4v) is 12.5. The van der Waals surface area contributed by atoms with Gasteiger partial charge in [-0.05, 0) is 77.0 Å². The van der Waals surface area contributed by atoms with Gasteiger partial charge in [-0.15, -0.1) is 0 Å². The zero-order valence-electron chi connectivity index (χ0n) is 35.5. The standard InChI is InChI=1S/C50H94N2/c1-2-6-14-22-34-45(33-21-13-5-1)51(47-37-25-17-9-10-18-26-38-47)49-41-29-31-43-50(44-32-30-42-49)52(48-39-27-19-11-12-20-28-40-48)46-35-23-15-7-3-4-8-16-24-36-46/h45-50H,1-44H2. The van der Waals surface area contributed by atoms with Crippen molar-refractivity contribution in [2.24, 2.45) is 0 Å². The lowest BCUT2D eigenvalue weighted by Crippen LogP contribution is -2.51. The van der Waals surface area contributed by atoms with Gasteiger partial charge in [-0.25, -0.2) is 0 Å². The van der Waals surface area contributed by atoms with Gasteiger partial charge in [0.1, 0.15) is 0 Å². The maximum Gasteiger partial charge on any atom is 0.0101 e. The van der Waals surface area contributed by atoms with Crippen molar-refractivity contribution in [2.45, 2.75) is 319 Å². The maximum absolute atomic E-state index is 3.34. The number of rotatable bonds is 6. The molecule has 0 spiro atoms. The molecule has 0 unspecified atom stereocenters. The molecule has 5 aliphatic carbocycles. The summed E-state index contributed by atoms with van der Waals surface area (Å²) in [6, 6.07) is 5.24. The SMILES string of the molecule is C1CCCCCC(N(C2CCCCCCCC2)C2CCCCC(N(C3CCCCCCCCCC3)C3CCCCCCCC3)CCCC2)CCCC1. The Morgan fingerprint density at radius 2 is 0.231 bits per heavy atom. The van der Waals surface area contributed by atoms with Gasteiger partial charge in [0.25, 0.3) is 0 Å². The van der Waals surface area contributed by atoms with Crippen LogP contribution in [0.4, 0.5) is 0 Å². The highest BCUT2D eigenvalue weighted by atomic mass is 15.2. The fourth-order valence-electron chi connectivity index (χ4n) is 12.5. The number of hydrogen-bond donors (Lipinski definition) is 0. The molecule has 304 valence electrons. The minimum absolute atomic E-state index is 0.866. The highest BCUT2D eigenvalue weighted by molar-refractivity contribution is 4.90. The van der Waals surface area contributed by atoms with Gasteiger partial charge in [-0.3, -0.25) is 9.80 Å². The molecule has 2 heteroatoms. The molecule has 0 N–H and O–H groups in total. The lowest BCUT2D eigenvalue weighted by molar-refractivity contribution is 0.0289. The second-order valence-corrected chi connectivity index (χ2v) is 19.6. The van der Waals surface area contributed by atoms with Gasteiger partial charge >= 0.3 is 0 Å². The summed E-state index contributed by atoms with van der Waals surface area (Å²) in [5.41, 5.74) is 0. The van der Waals surface area contributed by atoms with Crippen LogP contribution in [0.1, 0.15) is 283 Å². The van der Waals surface area contributed by atoms with Crippen LogP contribution in [0.5, 0.6) is 0 Å². The van der Waals surface area contributed by atoms with E-state index < -0.39 is 0 Å². The van der Waals surface area contributed by atoms with E-state index in [4.69, 9.17) is 0 Å². The van der Waals surface area contributed by atoms with Gasteiger partial charge in [-0.1, -0.05) is 205 Å². The van der Waals surface area contributed by atoms with E-state index in [1.807, 2.05) is 0 Å². The molecular weight excluding hydrogens is 629 g/mol. The molecule has 0 aliphatic heterocycles. The molecule has 0 heterocycles. The number of hydrogen-bond acceptors (Lipinski definition) is 2. The van der Waals surface area contributed by atoms with Gasteiger partial charge in [0.15, 0.2) is 0 Å². The molecule has 2 nitrogen and oxygen atoms in total. The van der Waals surface area contributed by atoms with E-state index in [9.17, 15) is 0 Å². The molecule has 5 aliphatic rings. The highest BCUT2D eigenvalue weighted by Crippen LogP contribution is 2.36. The number of nitrogens with zero attached hydrogens (tertiary/aromatic N) is 2. The van der Waals surface area contributed by atoms with Crippen molar-refractivity contribution < 1.29 is 0 Å². The van der Waals surface area contributed by atoms with Crippen LogP contribution in [0.15, 0.2) is 0 Å². The summed E-state index contributed by atoms with van der Waals surface area (Å²) in [7, 11) is 0. The Kier molecular flexibility index (Phi) is 22.8. The zero-order chi connectivity index (χ0) is 35.7. The summed E-state index contributed by atoms with van der Waals surface area (Å²) in [6.07, 6.45) is 66.1. The first-order valence-corrected chi connectivity index (χ1v) is 25.4. The molecule has 5 fully saturated rings. The van der Waals surface area contributed by atoms with E-state index in [-0.39, 0.29) is 0 Å². The van der Waals surface area contributed by atoms with Crippen LogP contribution in [0, 0.1) is 0 Å². The monoisotopic (exact) mass is 723 g/mol. The van der Waals surface area contributed by atoms with Crippen LogP contribution >= 0.6 is 0 Å². The lowest BCUT2D eigenvalue weighted by atomic mass is 9.86. The Balaban J connectivity index is 1.30. The van der Waals surface area contributed by atoms with Crippen LogP contribution in [0.2, 0.25) is 0 Å². The molecular formula is C50H94N2. The average Bonchev–Trinajstić information content (AvgIpc) is 3.31. The Bertz CT molecular complexity index is 716. The Labute approximate surface area is 327 Å². The minimum Gasteiger partial charge on any atom is -0.294 e. The Hall–Kier alpha value is -0.0800. The normalized spacial score (nSPS) is 29.7. The van der Waals surface area contributed by atoms with E-state index >= 15 is 0 Å². The van der Waals surface area contributed by atoms with Crippen molar-refractivity contribution >= 4 is 0 Å². The molecule has 0 radical (unpaired) electrons. The molecule has 0 amide bonds. The van der Waals surface area contributed by atoms with Crippen molar-refractivity contribution in [3.8, 4) is 0 Å². The van der Waals surface area contributed by atoms with E-state index in [1.165, 1.54) is 283 Å². The van der Waals surface area contributed by atoms with Gasteiger partial charge < -0.3 is 0 Å². The Morgan fingerprint density at radius 3 is 0.365 bits per heavy atom. The quantitative estimate of drug-likeness (QED) is 0.269. The third-order valence-corrected chi connectivity index (χ3v) is 15.5. The van der Waals surface area contributed by atoms with Crippen LogP contribution in [0.3, 0.4) is 0 Å². The highest BCUT2D eigenvalue weighted by Gasteiger charge is 2.35. The van der Waals surface area contributed by atoms with Gasteiger partial charge in [0.05, 0.1) is 0 Å². The molecule has 0 saturated heterocycles. The summed E-state index contributed by atoms with van der Waals surface area (Å²) < 4.78 is 0. The smallest absolute Gasteiger partial charge is 0.0101 e. The predicted molar refractivity (Wildman–Crippen MR) is 230 cm³/mol. The van der Waals surface area contributed by atoms with Crippen LogP contribution in [-0.4, -0.2) is 46.1 Å². The van der Waals surface area contributed by atoms with E-state index in [0.29, 0.717) is 0 Å². The van der Waals surface area contributed by atoms with Crippen molar-refractivity contribution in [3.05, 3.63) is 0 Å².